The van der Waals surface area contributed by atoms with E-state index in [0.29, 0.717) is 0 Å². The number of hydrogen-bond donors (Lipinski definition) is 1. The Balaban J connectivity index is 2.46. The number of nitrogens with one attached hydrogen (secondary N) is 1. The molecule has 0 fully saturated rings. The minimum Gasteiger partial charge on any atom is -0.358 e. The van der Waals surface area contributed by atoms with Gasteiger partial charge in [0, 0.05) is 16.8 Å². The molecule has 0 aliphatic rings. The highest BCUT2D eigenvalue weighted by Gasteiger charge is 2.11. The lowest BCUT2D eigenvalue weighted by Gasteiger charge is -1.95. The van der Waals surface area contributed by atoms with Gasteiger partial charge in [-0.2, -0.15) is 0 Å². The van der Waals surface area contributed by atoms with Crippen LogP contribution in [-0.4, -0.2) is 9.91 Å². The Kier molecular flexibility index (Phi) is 1.71. The largest absolute Gasteiger partial charge is 0.358 e. The number of aromatic nitrogens is 1. The molecule has 16 heavy (non-hydrogen) atoms. The van der Waals surface area contributed by atoms with E-state index >= 15 is 0 Å². The summed E-state index contributed by atoms with van der Waals surface area (Å²) in [6.45, 7) is 0. The van der Waals surface area contributed by atoms with Crippen LogP contribution in [0.15, 0.2) is 42.5 Å². The molecule has 0 saturated heterocycles. The van der Waals surface area contributed by atoms with Crippen LogP contribution in [0.25, 0.3) is 21.7 Å². The van der Waals surface area contributed by atoms with Crippen molar-refractivity contribution in [3.05, 3.63) is 52.6 Å². The fourth-order valence-corrected chi connectivity index (χ4v) is 1.96. The molecule has 0 atom stereocenters. The van der Waals surface area contributed by atoms with Crippen molar-refractivity contribution < 1.29 is 4.92 Å². The molecule has 4 heteroatoms. The van der Waals surface area contributed by atoms with Gasteiger partial charge in [0.25, 0.3) is 0 Å². The highest BCUT2D eigenvalue weighted by atomic mass is 16.6. The number of benzene rings is 2. The van der Waals surface area contributed by atoms with Crippen LogP contribution >= 0.6 is 0 Å². The van der Waals surface area contributed by atoms with E-state index in [9.17, 15) is 10.1 Å². The van der Waals surface area contributed by atoms with Gasteiger partial charge in [0.05, 0.1) is 0 Å². The van der Waals surface area contributed by atoms with Gasteiger partial charge in [-0.15, -0.1) is 0 Å². The van der Waals surface area contributed by atoms with Crippen molar-refractivity contribution in [1.82, 2.24) is 4.98 Å². The van der Waals surface area contributed by atoms with Crippen LogP contribution in [0, 0.1) is 10.1 Å². The summed E-state index contributed by atoms with van der Waals surface area (Å²) < 4.78 is 0. The van der Waals surface area contributed by atoms with Crippen molar-refractivity contribution in [2.45, 2.75) is 0 Å². The second-order valence-electron chi connectivity index (χ2n) is 3.66. The van der Waals surface area contributed by atoms with E-state index in [-0.39, 0.29) is 5.82 Å². The Morgan fingerprint density at radius 3 is 2.62 bits per heavy atom. The number of rotatable bonds is 1. The van der Waals surface area contributed by atoms with Gasteiger partial charge in [-0.25, -0.2) is 4.98 Å². The Hall–Kier alpha value is -2.36. The van der Waals surface area contributed by atoms with E-state index in [1.54, 1.807) is 6.07 Å². The van der Waals surface area contributed by atoms with Gasteiger partial charge in [-0.3, -0.25) is 0 Å². The lowest BCUT2D eigenvalue weighted by molar-refractivity contribution is -0.389. The lowest BCUT2D eigenvalue weighted by Crippen LogP contribution is -1.85. The van der Waals surface area contributed by atoms with Gasteiger partial charge in [0.15, 0.2) is 0 Å². The lowest BCUT2D eigenvalue weighted by atomic mass is 10.1. The van der Waals surface area contributed by atoms with Crippen LogP contribution in [0.1, 0.15) is 0 Å². The molecule has 3 aromatic rings. The van der Waals surface area contributed by atoms with Gasteiger partial charge in [0.1, 0.15) is 5.52 Å². The van der Waals surface area contributed by atoms with Crippen molar-refractivity contribution in [3.63, 3.8) is 0 Å². The van der Waals surface area contributed by atoms with Crippen LogP contribution < -0.4 is 0 Å². The van der Waals surface area contributed by atoms with Gasteiger partial charge < -0.3 is 10.1 Å². The van der Waals surface area contributed by atoms with Crippen LogP contribution in [0.3, 0.4) is 0 Å². The molecule has 0 saturated carbocycles. The Labute approximate surface area is 90.7 Å². The van der Waals surface area contributed by atoms with E-state index in [1.165, 1.54) is 0 Å². The maximum atomic E-state index is 10.7. The number of nitrogens with zero attached hydrogens (tertiary/aromatic N) is 1. The summed E-state index contributed by atoms with van der Waals surface area (Å²) >= 11 is 0. The second kappa shape index (κ2) is 3.06. The Bertz CT molecular complexity index is 700. The smallest absolute Gasteiger partial charge is 0.321 e. The summed E-state index contributed by atoms with van der Waals surface area (Å²) in [4.78, 5) is 13.1. The molecule has 0 aliphatic heterocycles. The summed E-state index contributed by atoms with van der Waals surface area (Å²) in [5.74, 6) is 0.0337. The molecular weight excluding hydrogens is 204 g/mol. The first-order valence-corrected chi connectivity index (χ1v) is 4.90. The molecule has 2 aromatic carbocycles. The number of H-pyrrole nitrogens is 1. The molecule has 0 bridgehead atoms. The second-order valence-corrected chi connectivity index (χ2v) is 3.66. The van der Waals surface area contributed by atoms with Crippen LogP contribution in [-0.2, 0) is 0 Å². The van der Waals surface area contributed by atoms with Crippen LogP contribution in [0.5, 0.6) is 0 Å². The van der Waals surface area contributed by atoms with Crippen molar-refractivity contribution in [2.24, 2.45) is 0 Å². The van der Waals surface area contributed by atoms with E-state index in [0.717, 1.165) is 21.7 Å². The summed E-state index contributed by atoms with van der Waals surface area (Å²) in [6.07, 6.45) is 0. The molecule has 4 nitrogen and oxygen atoms in total. The number of nitro groups is 1. The third-order valence-electron chi connectivity index (χ3n) is 2.70. The highest BCUT2D eigenvalue weighted by molar-refractivity contribution is 6.06. The normalized spacial score (nSPS) is 11.0. The van der Waals surface area contributed by atoms with Crippen molar-refractivity contribution in [2.75, 3.05) is 0 Å². The molecule has 0 spiro atoms. The zero-order valence-electron chi connectivity index (χ0n) is 8.31. The van der Waals surface area contributed by atoms with Crippen molar-refractivity contribution in [1.29, 1.82) is 0 Å². The molecule has 1 heterocycles. The third kappa shape index (κ3) is 1.16. The van der Waals surface area contributed by atoms with Crippen molar-refractivity contribution in [3.8, 4) is 0 Å². The summed E-state index contributed by atoms with van der Waals surface area (Å²) in [5.41, 5.74) is 0.824. The molecule has 1 N–H and O–H groups in total. The maximum Gasteiger partial charge on any atom is 0.321 e. The van der Waals surface area contributed by atoms with E-state index in [4.69, 9.17) is 0 Å². The quantitative estimate of drug-likeness (QED) is 0.497. The average Bonchev–Trinajstić information content (AvgIpc) is 2.73. The first-order valence-electron chi connectivity index (χ1n) is 4.90. The first kappa shape index (κ1) is 8.91. The maximum absolute atomic E-state index is 10.7. The van der Waals surface area contributed by atoms with Gasteiger partial charge in [-0.05, 0) is 16.4 Å². The molecule has 3 rings (SSSR count). The summed E-state index contributed by atoms with van der Waals surface area (Å²) in [6, 6.07) is 13.2. The van der Waals surface area contributed by atoms with E-state index in [2.05, 4.69) is 4.98 Å². The summed E-state index contributed by atoms with van der Waals surface area (Å²) in [5, 5.41) is 13.6. The predicted molar refractivity (Wildman–Crippen MR) is 62.5 cm³/mol. The standard InChI is InChI=1S/C12H8N2O2/c15-14(16)11-7-9-6-5-8-3-1-2-4-10(8)12(9)13-11/h1-7,13H. The highest BCUT2D eigenvalue weighted by Crippen LogP contribution is 2.27. The third-order valence-corrected chi connectivity index (χ3v) is 2.70. The fraction of sp³-hybridized carbons (Fsp3) is 0. The zero-order chi connectivity index (χ0) is 11.1. The molecule has 0 radical (unpaired) electrons. The first-order chi connectivity index (χ1) is 7.75. The van der Waals surface area contributed by atoms with Gasteiger partial charge >= 0.3 is 5.82 Å². The van der Waals surface area contributed by atoms with Gasteiger partial charge in [-0.1, -0.05) is 30.3 Å². The zero-order valence-corrected chi connectivity index (χ0v) is 8.31. The average molecular weight is 212 g/mol. The van der Waals surface area contributed by atoms with E-state index in [1.807, 2.05) is 36.4 Å². The SMILES string of the molecule is O=[N+]([O-])c1cc2ccc3ccccc3c2[nH]1. The Morgan fingerprint density at radius 1 is 1.06 bits per heavy atom. The van der Waals surface area contributed by atoms with Crippen LogP contribution in [0.2, 0.25) is 0 Å². The minimum absolute atomic E-state index is 0.0337. The molecule has 0 amide bonds. The molecule has 78 valence electrons. The molecular formula is C12H8N2O2. The molecule has 0 aliphatic carbocycles. The minimum atomic E-state index is -0.408. The van der Waals surface area contributed by atoms with Gasteiger partial charge in [0.2, 0.25) is 0 Å². The van der Waals surface area contributed by atoms with Crippen molar-refractivity contribution >= 4 is 27.5 Å². The van der Waals surface area contributed by atoms with Crippen LogP contribution in [0.4, 0.5) is 5.82 Å². The summed E-state index contributed by atoms with van der Waals surface area (Å²) in [7, 11) is 0. The molecule has 1 aromatic heterocycles. The number of aromatic amines is 1. The fourth-order valence-electron chi connectivity index (χ4n) is 1.96. The number of hydrogen-bond acceptors (Lipinski definition) is 2. The predicted octanol–water partition coefficient (Wildman–Crippen LogP) is 3.23. The Morgan fingerprint density at radius 2 is 1.81 bits per heavy atom. The van der Waals surface area contributed by atoms with E-state index < -0.39 is 4.92 Å². The topological polar surface area (TPSA) is 58.9 Å². The molecule has 0 unspecified atom stereocenters. The monoisotopic (exact) mass is 212 g/mol. The number of fused-ring (bicyclic) bond motifs is 3.